The van der Waals surface area contributed by atoms with Crippen LogP contribution in [0.3, 0.4) is 0 Å². The topological polar surface area (TPSA) is 77.0 Å². The lowest BCUT2D eigenvalue weighted by atomic mass is 10.4. The minimum absolute atomic E-state index is 0.0935. The molecule has 0 amide bonds. The highest BCUT2D eigenvalue weighted by molar-refractivity contribution is 5.83. The second kappa shape index (κ2) is 6.04. The van der Waals surface area contributed by atoms with E-state index in [-0.39, 0.29) is 6.61 Å². The van der Waals surface area contributed by atoms with Crippen LogP contribution in [-0.4, -0.2) is 30.8 Å². The lowest BCUT2D eigenvalue weighted by Crippen LogP contribution is -2.45. The van der Waals surface area contributed by atoms with E-state index in [9.17, 15) is 4.79 Å². The molecule has 0 aliphatic rings. The average Bonchev–Trinajstić information content (AvgIpc) is 2.15. The molecule has 2 N–H and O–H groups in total. The Morgan fingerprint density at radius 2 is 2.00 bits per heavy atom. The fourth-order valence-electron chi connectivity index (χ4n) is 0.773. The van der Waals surface area contributed by atoms with Crippen LogP contribution in [0.15, 0.2) is 22.6 Å². The predicted octanol–water partition coefficient (Wildman–Crippen LogP) is 0.509. The molecule has 0 aliphatic carbocycles. The first-order chi connectivity index (χ1) is 6.60. The van der Waals surface area contributed by atoms with Gasteiger partial charge in [-0.2, -0.15) is 0 Å². The van der Waals surface area contributed by atoms with Crippen molar-refractivity contribution in [1.82, 2.24) is 0 Å². The Labute approximate surface area is 83.4 Å². The third kappa shape index (κ3) is 3.49. The Bertz CT molecular complexity index is 247. The molecular weight excluding hydrogens is 182 g/mol. The number of aliphatic imine (C=N–C) groups is 2. The number of esters is 1. The lowest BCUT2D eigenvalue weighted by Gasteiger charge is -2.17. The highest BCUT2D eigenvalue weighted by atomic mass is 16.5. The lowest BCUT2D eigenvalue weighted by molar-refractivity contribution is -0.148. The molecule has 0 bridgehead atoms. The minimum Gasteiger partial charge on any atom is -0.457 e. The molecule has 0 saturated heterocycles. The summed E-state index contributed by atoms with van der Waals surface area (Å²) < 4.78 is 4.75. The Morgan fingerprint density at radius 1 is 1.50 bits per heavy atom. The molecule has 5 nitrogen and oxygen atoms in total. The maximum absolute atomic E-state index is 11.4. The average molecular weight is 197 g/mol. The summed E-state index contributed by atoms with van der Waals surface area (Å²) in [6, 6.07) is 0. The van der Waals surface area contributed by atoms with Crippen LogP contribution in [0.25, 0.3) is 0 Å². The number of rotatable bonds is 5. The SMILES string of the molecule is C=CCOC(=O)C(N)(N=CC)N=CC. The van der Waals surface area contributed by atoms with Gasteiger partial charge in [0, 0.05) is 12.4 Å². The Kier molecular flexibility index (Phi) is 5.40. The van der Waals surface area contributed by atoms with Crippen LogP contribution in [0.2, 0.25) is 0 Å². The molecule has 0 aliphatic heterocycles. The van der Waals surface area contributed by atoms with Crippen molar-refractivity contribution in [3.05, 3.63) is 12.7 Å². The number of carbonyl (C=O) groups excluding carboxylic acids is 1. The van der Waals surface area contributed by atoms with Crippen molar-refractivity contribution >= 4 is 18.4 Å². The van der Waals surface area contributed by atoms with Gasteiger partial charge in [0.2, 0.25) is 0 Å². The first kappa shape index (κ1) is 12.5. The highest BCUT2D eigenvalue weighted by Crippen LogP contribution is 2.06. The van der Waals surface area contributed by atoms with E-state index in [1.54, 1.807) is 13.8 Å². The van der Waals surface area contributed by atoms with Crippen LogP contribution in [0.4, 0.5) is 0 Å². The van der Waals surface area contributed by atoms with E-state index >= 15 is 0 Å². The predicted molar refractivity (Wildman–Crippen MR) is 56.4 cm³/mol. The monoisotopic (exact) mass is 197 g/mol. The van der Waals surface area contributed by atoms with E-state index in [0.29, 0.717) is 0 Å². The quantitative estimate of drug-likeness (QED) is 0.396. The van der Waals surface area contributed by atoms with Crippen LogP contribution >= 0.6 is 0 Å². The van der Waals surface area contributed by atoms with Gasteiger partial charge in [-0.3, -0.25) is 5.73 Å². The Hall–Kier alpha value is -1.49. The van der Waals surface area contributed by atoms with Crippen LogP contribution in [0.1, 0.15) is 13.8 Å². The van der Waals surface area contributed by atoms with Crippen LogP contribution in [0, 0.1) is 0 Å². The van der Waals surface area contributed by atoms with E-state index < -0.39 is 11.8 Å². The first-order valence-corrected chi connectivity index (χ1v) is 4.17. The zero-order valence-electron chi connectivity index (χ0n) is 8.43. The van der Waals surface area contributed by atoms with Crippen molar-refractivity contribution in [1.29, 1.82) is 0 Å². The molecule has 0 radical (unpaired) electrons. The molecule has 0 rings (SSSR count). The molecule has 0 heterocycles. The highest BCUT2D eigenvalue weighted by Gasteiger charge is 2.33. The largest absolute Gasteiger partial charge is 0.457 e. The smallest absolute Gasteiger partial charge is 0.373 e. The number of ether oxygens (including phenoxy) is 1. The number of hydrogen-bond acceptors (Lipinski definition) is 5. The number of nitrogens with zero attached hydrogens (tertiary/aromatic N) is 2. The van der Waals surface area contributed by atoms with Gasteiger partial charge in [0.05, 0.1) is 0 Å². The fourth-order valence-corrected chi connectivity index (χ4v) is 0.773. The van der Waals surface area contributed by atoms with Crippen LogP contribution < -0.4 is 5.73 Å². The zero-order valence-corrected chi connectivity index (χ0v) is 8.43. The maximum Gasteiger partial charge on any atom is 0.373 e. The molecule has 0 aromatic carbocycles. The van der Waals surface area contributed by atoms with Gasteiger partial charge in [0.15, 0.2) is 0 Å². The summed E-state index contributed by atoms with van der Waals surface area (Å²) in [5.74, 6) is -2.36. The molecular formula is C9H15N3O2. The van der Waals surface area contributed by atoms with Gasteiger partial charge in [0.25, 0.3) is 0 Å². The maximum atomic E-state index is 11.4. The standard InChI is InChI=1S/C9H15N3O2/c1-4-7-14-8(13)9(10,11-5-2)12-6-3/h4-6H,1,7,10H2,2-3H3. The van der Waals surface area contributed by atoms with Crippen molar-refractivity contribution in [3.8, 4) is 0 Å². The van der Waals surface area contributed by atoms with E-state index in [0.717, 1.165) is 0 Å². The number of hydrogen-bond donors (Lipinski definition) is 1. The van der Waals surface area contributed by atoms with Gasteiger partial charge in [-0.05, 0) is 13.8 Å². The third-order valence-electron chi connectivity index (χ3n) is 1.28. The second-order valence-corrected chi connectivity index (χ2v) is 2.39. The summed E-state index contributed by atoms with van der Waals surface area (Å²) >= 11 is 0. The molecule has 0 fully saturated rings. The van der Waals surface area contributed by atoms with Gasteiger partial charge >= 0.3 is 11.8 Å². The number of carbonyl (C=O) groups is 1. The van der Waals surface area contributed by atoms with E-state index in [1.165, 1.54) is 18.5 Å². The summed E-state index contributed by atoms with van der Waals surface area (Å²) in [5.41, 5.74) is 5.60. The van der Waals surface area contributed by atoms with Crippen molar-refractivity contribution in [3.63, 3.8) is 0 Å². The minimum atomic E-state index is -1.66. The van der Waals surface area contributed by atoms with Crippen molar-refractivity contribution in [2.75, 3.05) is 6.61 Å². The summed E-state index contributed by atoms with van der Waals surface area (Å²) in [6.07, 6.45) is 4.26. The van der Waals surface area contributed by atoms with E-state index in [2.05, 4.69) is 16.6 Å². The molecule has 0 aromatic heterocycles. The molecule has 5 heteroatoms. The Morgan fingerprint density at radius 3 is 2.36 bits per heavy atom. The van der Waals surface area contributed by atoms with Gasteiger partial charge in [0.1, 0.15) is 6.61 Å². The van der Waals surface area contributed by atoms with Gasteiger partial charge < -0.3 is 4.74 Å². The molecule has 78 valence electrons. The number of nitrogens with two attached hydrogens (primary N) is 1. The van der Waals surface area contributed by atoms with Crippen LogP contribution in [-0.2, 0) is 9.53 Å². The third-order valence-corrected chi connectivity index (χ3v) is 1.28. The normalized spacial score (nSPS) is 15.6. The van der Waals surface area contributed by atoms with E-state index in [4.69, 9.17) is 10.5 Å². The molecule has 14 heavy (non-hydrogen) atoms. The summed E-state index contributed by atoms with van der Waals surface area (Å²) in [4.78, 5) is 18.9. The van der Waals surface area contributed by atoms with Gasteiger partial charge in [-0.1, -0.05) is 12.7 Å². The summed E-state index contributed by atoms with van der Waals surface area (Å²) in [5, 5.41) is 0. The van der Waals surface area contributed by atoms with E-state index in [1.807, 2.05) is 0 Å². The Balaban J connectivity index is 4.63. The van der Waals surface area contributed by atoms with Crippen molar-refractivity contribution in [2.24, 2.45) is 15.7 Å². The molecule has 0 aromatic rings. The fraction of sp³-hybridized carbons (Fsp3) is 0.444. The molecule has 0 spiro atoms. The summed E-state index contributed by atoms with van der Waals surface area (Å²) in [6.45, 7) is 6.80. The summed E-state index contributed by atoms with van der Waals surface area (Å²) in [7, 11) is 0. The van der Waals surface area contributed by atoms with Crippen LogP contribution in [0.5, 0.6) is 0 Å². The van der Waals surface area contributed by atoms with Crippen molar-refractivity contribution in [2.45, 2.75) is 19.6 Å². The first-order valence-electron chi connectivity index (χ1n) is 4.17. The van der Waals surface area contributed by atoms with Gasteiger partial charge in [-0.15, -0.1) is 0 Å². The zero-order chi connectivity index (χ0) is 11.0. The van der Waals surface area contributed by atoms with Gasteiger partial charge in [-0.25, -0.2) is 14.8 Å². The molecule has 0 saturated carbocycles. The molecule has 0 unspecified atom stereocenters. The van der Waals surface area contributed by atoms with Crippen molar-refractivity contribution < 1.29 is 9.53 Å². The second-order valence-electron chi connectivity index (χ2n) is 2.39. The molecule has 0 atom stereocenters.